The van der Waals surface area contributed by atoms with E-state index in [2.05, 4.69) is 9.89 Å². The van der Waals surface area contributed by atoms with Crippen LogP contribution in [-0.2, 0) is 19.0 Å². The minimum Gasteiger partial charge on any atom is -0.460 e. The Bertz CT molecular complexity index is 588. The molecule has 25 heavy (non-hydrogen) atoms. The Balaban J connectivity index is 1.57. The second kappa shape index (κ2) is 8.87. The van der Waals surface area contributed by atoms with Crippen molar-refractivity contribution in [2.75, 3.05) is 19.8 Å². The van der Waals surface area contributed by atoms with Gasteiger partial charge in [0, 0.05) is 12.8 Å². The van der Waals surface area contributed by atoms with Crippen molar-refractivity contribution < 1.29 is 33.4 Å². The van der Waals surface area contributed by atoms with Crippen LogP contribution in [0.2, 0.25) is 0 Å². The van der Waals surface area contributed by atoms with Crippen molar-refractivity contribution in [3.05, 3.63) is 23.7 Å². The average molecular weight is 355 g/mol. The molecule has 8 nitrogen and oxygen atoms in total. The highest BCUT2D eigenvalue weighted by Gasteiger charge is 2.36. The molecular weight excluding hydrogens is 330 g/mol. The lowest BCUT2D eigenvalue weighted by molar-refractivity contribution is -0.379. The van der Waals surface area contributed by atoms with Gasteiger partial charge in [-0.2, -0.15) is 0 Å². The number of aryl methyl sites for hydroxylation is 1. The molecular formula is C17H25NO7. The summed E-state index contributed by atoms with van der Waals surface area (Å²) in [6.07, 6.45) is 1.26. The van der Waals surface area contributed by atoms with Crippen LogP contribution in [-0.4, -0.2) is 42.8 Å². The largest absolute Gasteiger partial charge is 0.510 e. The number of hydrogen-bond acceptors (Lipinski definition) is 7. The molecule has 1 aromatic heterocycles. The quantitative estimate of drug-likeness (QED) is 0.329. The van der Waals surface area contributed by atoms with E-state index >= 15 is 0 Å². The summed E-state index contributed by atoms with van der Waals surface area (Å²) in [6, 6.07) is 3.75. The number of nitrogens with zero attached hydrogens (tertiary/aromatic N) is 1. The number of carbonyl (C=O) groups is 1. The monoisotopic (exact) mass is 355 g/mol. The van der Waals surface area contributed by atoms with Crippen molar-refractivity contribution in [3.8, 4) is 0 Å². The Labute approximate surface area is 146 Å². The molecule has 2 rings (SSSR count). The van der Waals surface area contributed by atoms with E-state index in [-0.39, 0.29) is 5.92 Å². The summed E-state index contributed by atoms with van der Waals surface area (Å²) in [4.78, 5) is 15.9. The Morgan fingerprint density at radius 1 is 1.36 bits per heavy atom. The second-order valence-electron chi connectivity index (χ2n) is 6.13. The van der Waals surface area contributed by atoms with Crippen LogP contribution >= 0.6 is 0 Å². The fourth-order valence-corrected chi connectivity index (χ4v) is 2.43. The van der Waals surface area contributed by atoms with E-state index in [9.17, 15) is 4.79 Å². The predicted octanol–water partition coefficient (Wildman–Crippen LogP) is 3.53. The average Bonchev–Trinajstić information content (AvgIpc) is 2.98. The summed E-state index contributed by atoms with van der Waals surface area (Å²) in [5.74, 6) is 0.260. The van der Waals surface area contributed by atoms with Gasteiger partial charge in [0.2, 0.25) is 0 Å². The Morgan fingerprint density at radius 3 is 2.68 bits per heavy atom. The fraction of sp³-hybridized carbons (Fsp3) is 0.647. The van der Waals surface area contributed by atoms with Crippen molar-refractivity contribution in [2.24, 2.45) is 11.1 Å². The number of rotatable bonds is 8. The van der Waals surface area contributed by atoms with E-state index in [1.54, 1.807) is 0 Å². The zero-order valence-electron chi connectivity index (χ0n) is 14.8. The molecule has 1 aromatic rings. The predicted molar refractivity (Wildman–Crippen MR) is 88.4 cm³/mol. The van der Waals surface area contributed by atoms with Gasteiger partial charge in [0.25, 0.3) is 0 Å². The molecule has 0 amide bonds. The summed E-state index contributed by atoms with van der Waals surface area (Å²) in [5, 5.41) is 12.7. The van der Waals surface area contributed by atoms with Crippen molar-refractivity contribution in [3.63, 3.8) is 0 Å². The van der Waals surface area contributed by atoms with Crippen LogP contribution in [0.25, 0.3) is 0 Å². The molecule has 0 radical (unpaired) electrons. The molecule has 1 N–H and O–H groups in total. The molecule has 0 unspecified atom stereocenters. The van der Waals surface area contributed by atoms with Crippen molar-refractivity contribution >= 4 is 11.9 Å². The van der Waals surface area contributed by atoms with Crippen LogP contribution in [0.3, 0.4) is 0 Å². The lowest BCUT2D eigenvalue weighted by Gasteiger charge is -2.35. The maximum absolute atomic E-state index is 10.6. The third-order valence-electron chi connectivity index (χ3n) is 3.83. The minimum atomic E-state index is -1.50. The normalized spacial score (nSPS) is 24.1. The summed E-state index contributed by atoms with van der Waals surface area (Å²) < 4.78 is 20.8. The van der Waals surface area contributed by atoms with Gasteiger partial charge in [0.15, 0.2) is 5.76 Å². The van der Waals surface area contributed by atoms with Gasteiger partial charge in [0.05, 0.1) is 13.2 Å². The van der Waals surface area contributed by atoms with Gasteiger partial charge in [-0.3, -0.25) is 0 Å². The number of furan rings is 1. The highest BCUT2D eigenvalue weighted by Crippen LogP contribution is 2.25. The lowest BCUT2D eigenvalue weighted by Crippen LogP contribution is -2.45. The van der Waals surface area contributed by atoms with Crippen LogP contribution in [0.4, 0.5) is 4.79 Å². The second-order valence-corrected chi connectivity index (χ2v) is 6.13. The highest BCUT2D eigenvalue weighted by molar-refractivity contribution is 5.95. The minimum absolute atomic E-state index is 0.210. The maximum atomic E-state index is 10.6. The number of unbranched alkanes of at least 4 members (excludes halogenated alkanes) is 1. The Morgan fingerprint density at radius 2 is 2.08 bits per heavy atom. The zero-order chi connectivity index (χ0) is 18.3. The van der Waals surface area contributed by atoms with Crippen LogP contribution in [0, 0.1) is 12.8 Å². The molecule has 0 aromatic carbocycles. The van der Waals surface area contributed by atoms with E-state index in [1.807, 2.05) is 26.0 Å². The first-order chi connectivity index (χ1) is 11.9. The Kier molecular flexibility index (Phi) is 6.83. The molecule has 0 bridgehead atoms. The van der Waals surface area contributed by atoms with E-state index < -0.39 is 12.1 Å². The van der Waals surface area contributed by atoms with Gasteiger partial charge in [-0.15, -0.1) is 0 Å². The van der Waals surface area contributed by atoms with Crippen molar-refractivity contribution in [1.82, 2.24) is 0 Å². The van der Waals surface area contributed by atoms with E-state index in [1.165, 1.54) is 6.92 Å². The molecule has 0 saturated carbocycles. The Hall–Kier alpha value is -2.06. The van der Waals surface area contributed by atoms with Crippen LogP contribution in [0.1, 0.15) is 44.6 Å². The first kappa shape index (κ1) is 19.3. The van der Waals surface area contributed by atoms with E-state index in [0.717, 1.165) is 25.0 Å². The molecule has 8 heteroatoms. The topological polar surface area (TPSA) is 99.7 Å². The van der Waals surface area contributed by atoms with Gasteiger partial charge in [-0.25, -0.2) is 4.79 Å². The maximum Gasteiger partial charge on any atom is 0.510 e. The number of carboxylic acid groups (broad SMARTS) is 1. The lowest BCUT2D eigenvalue weighted by atomic mass is 10.0. The van der Waals surface area contributed by atoms with Gasteiger partial charge >= 0.3 is 12.1 Å². The fourth-order valence-electron chi connectivity index (χ4n) is 2.43. The van der Waals surface area contributed by atoms with Gasteiger partial charge < -0.3 is 28.6 Å². The van der Waals surface area contributed by atoms with E-state index in [4.69, 9.17) is 23.8 Å². The first-order valence-electron chi connectivity index (χ1n) is 8.31. The summed E-state index contributed by atoms with van der Waals surface area (Å²) in [7, 11) is 0. The molecule has 1 saturated heterocycles. The van der Waals surface area contributed by atoms with Gasteiger partial charge in [-0.1, -0.05) is 5.16 Å². The van der Waals surface area contributed by atoms with Crippen molar-refractivity contribution in [1.29, 1.82) is 0 Å². The first-order valence-corrected chi connectivity index (χ1v) is 8.31. The third kappa shape index (κ3) is 6.39. The molecule has 0 aliphatic carbocycles. The highest BCUT2D eigenvalue weighted by atomic mass is 16.9. The molecule has 1 aliphatic heterocycles. The summed E-state index contributed by atoms with van der Waals surface area (Å²) in [6.45, 7) is 6.49. The number of ether oxygens (including phenoxy) is 3. The molecule has 0 spiro atoms. The number of hydrogen-bond donors (Lipinski definition) is 1. The molecule has 1 fully saturated rings. The summed E-state index contributed by atoms with van der Waals surface area (Å²) in [5.41, 5.74) is 0.708. The molecule has 0 atom stereocenters. The molecule has 140 valence electrons. The standard InChI is InChI=1S/C17H25NO7/c1-12-7-8-15(24-12)13(2)18-23-9-5-4-6-14-10-21-17(3,22-11-14)25-16(19)20/h7-8,14H,4-6,9-11H2,1-3H3,(H,19,20). The number of oxime groups is 1. The summed E-state index contributed by atoms with van der Waals surface area (Å²) >= 11 is 0. The third-order valence-corrected chi connectivity index (χ3v) is 3.83. The van der Waals surface area contributed by atoms with Gasteiger partial charge in [-0.05, 0) is 45.2 Å². The van der Waals surface area contributed by atoms with Crippen LogP contribution in [0.15, 0.2) is 21.7 Å². The van der Waals surface area contributed by atoms with Crippen LogP contribution in [0.5, 0.6) is 0 Å². The van der Waals surface area contributed by atoms with Gasteiger partial charge in [0.1, 0.15) is 18.1 Å². The smallest absolute Gasteiger partial charge is 0.460 e. The SMILES string of the molecule is CC(=NOCCCCC1COC(C)(OC(=O)O)OC1)c1ccc(C)o1. The van der Waals surface area contributed by atoms with E-state index in [0.29, 0.717) is 31.3 Å². The molecule has 2 heterocycles. The zero-order valence-corrected chi connectivity index (χ0v) is 14.8. The molecule has 1 aliphatic rings. The van der Waals surface area contributed by atoms with Crippen molar-refractivity contribution in [2.45, 2.75) is 46.0 Å². The van der Waals surface area contributed by atoms with Crippen LogP contribution < -0.4 is 0 Å².